The number of carbonyl (C=O) groups is 3. The van der Waals surface area contributed by atoms with Crippen molar-refractivity contribution < 1.29 is 29.0 Å². The lowest BCUT2D eigenvalue weighted by atomic mass is 9.99. The summed E-state index contributed by atoms with van der Waals surface area (Å²) in [5, 5.41) is 9.96. The van der Waals surface area contributed by atoms with Crippen LogP contribution in [0.5, 0.6) is 0 Å². The van der Waals surface area contributed by atoms with E-state index in [-0.39, 0.29) is 6.61 Å². The second kappa shape index (κ2) is 16.3. The number of ether oxygens (including phenoxy) is 2. The van der Waals surface area contributed by atoms with E-state index in [1.165, 1.54) is 75.0 Å². The van der Waals surface area contributed by atoms with Crippen LogP contribution in [0.2, 0.25) is 0 Å². The molecule has 7 nitrogen and oxygen atoms in total. The largest absolute Gasteiger partial charge is 0.465 e. The van der Waals surface area contributed by atoms with Gasteiger partial charge >= 0.3 is 18.0 Å². The van der Waals surface area contributed by atoms with Crippen LogP contribution in [-0.2, 0) is 19.1 Å². The molecule has 0 saturated heterocycles. The Bertz CT molecular complexity index is 892. The van der Waals surface area contributed by atoms with Crippen LogP contribution in [0, 0.1) is 11.8 Å². The van der Waals surface area contributed by atoms with Gasteiger partial charge < -0.3 is 14.6 Å². The predicted octanol–water partition coefficient (Wildman–Crippen LogP) is 6.94. The molecule has 202 valence electrons. The van der Waals surface area contributed by atoms with Crippen molar-refractivity contribution in [1.82, 2.24) is 4.90 Å². The van der Waals surface area contributed by atoms with Gasteiger partial charge in [0.15, 0.2) is 6.10 Å². The van der Waals surface area contributed by atoms with E-state index in [1.807, 2.05) is 6.07 Å². The Morgan fingerprint density at radius 3 is 2.14 bits per heavy atom. The SMILES string of the molecule is CCCCCCCCCCC#Cc1ccc(C(OC(C)=O)C(COC(C)=O)N(C(=O)O)C(C)(C)C)s1. The summed E-state index contributed by atoms with van der Waals surface area (Å²) in [6.45, 7) is 9.73. The number of nitrogens with zero attached hydrogens (tertiary/aromatic N) is 1. The quantitative estimate of drug-likeness (QED) is 0.162. The number of amides is 1. The Morgan fingerprint density at radius 2 is 1.61 bits per heavy atom. The molecule has 1 amide bonds. The molecule has 1 heterocycles. The van der Waals surface area contributed by atoms with Crippen LogP contribution in [-0.4, -0.2) is 46.2 Å². The first-order valence-electron chi connectivity index (χ1n) is 12.9. The highest BCUT2D eigenvalue weighted by molar-refractivity contribution is 7.12. The summed E-state index contributed by atoms with van der Waals surface area (Å²) in [5.74, 6) is 5.30. The lowest BCUT2D eigenvalue weighted by Crippen LogP contribution is -2.55. The van der Waals surface area contributed by atoms with E-state index < -0.39 is 35.7 Å². The van der Waals surface area contributed by atoms with Crippen LogP contribution in [0.3, 0.4) is 0 Å². The fourth-order valence-electron chi connectivity index (χ4n) is 4.00. The predicted molar refractivity (Wildman–Crippen MR) is 143 cm³/mol. The molecule has 1 N–H and O–H groups in total. The zero-order valence-corrected chi connectivity index (χ0v) is 23.5. The Kier molecular flexibility index (Phi) is 14.2. The third kappa shape index (κ3) is 11.9. The lowest BCUT2D eigenvalue weighted by Gasteiger charge is -2.41. The van der Waals surface area contributed by atoms with Crippen LogP contribution in [0.1, 0.15) is 115 Å². The summed E-state index contributed by atoms with van der Waals surface area (Å²) in [5.41, 5.74) is -0.828. The molecule has 1 aromatic heterocycles. The molecule has 0 fully saturated rings. The van der Waals surface area contributed by atoms with E-state index in [0.29, 0.717) is 4.88 Å². The molecule has 1 aromatic rings. The standard InChI is InChI=1S/C28H43NO6S/c1-7-8-9-10-11-12-13-14-15-16-17-23-18-19-25(36-23)26(35-22(3)31)24(20-34-21(2)30)29(27(32)33)28(4,5)6/h18-19,24,26H,7-15,20H2,1-6H3,(H,32,33). The maximum absolute atomic E-state index is 12.2. The Morgan fingerprint density at radius 1 is 1.00 bits per heavy atom. The van der Waals surface area contributed by atoms with Gasteiger partial charge in [-0.1, -0.05) is 63.7 Å². The second-order valence-electron chi connectivity index (χ2n) is 9.95. The van der Waals surface area contributed by atoms with E-state index in [1.54, 1.807) is 26.8 Å². The molecule has 0 aliphatic rings. The molecule has 0 bridgehead atoms. The van der Waals surface area contributed by atoms with Crippen LogP contribution >= 0.6 is 11.3 Å². The van der Waals surface area contributed by atoms with Gasteiger partial charge in [-0.2, -0.15) is 0 Å². The van der Waals surface area contributed by atoms with Crippen LogP contribution < -0.4 is 0 Å². The van der Waals surface area contributed by atoms with E-state index in [9.17, 15) is 19.5 Å². The summed E-state index contributed by atoms with van der Waals surface area (Å²) < 4.78 is 10.8. The van der Waals surface area contributed by atoms with Gasteiger partial charge in [0.05, 0.1) is 4.88 Å². The van der Waals surface area contributed by atoms with Crippen molar-refractivity contribution in [2.24, 2.45) is 0 Å². The fourth-order valence-corrected chi connectivity index (χ4v) is 4.97. The number of unbranched alkanes of at least 4 members (excludes halogenated alkanes) is 8. The molecule has 0 saturated carbocycles. The molecule has 2 unspecified atom stereocenters. The van der Waals surface area contributed by atoms with E-state index in [4.69, 9.17) is 9.47 Å². The zero-order chi connectivity index (χ0) is 27.1. The van der Waals surface area contributed by atoms with Gasteiger partial charge in [0.2, 0.25) is 0 Å². The van der Waals surface area contributed by atoms with Crippen molar-refractivity contribution in [3.05, 3.63) is 21.9 Å². The van der Waals surface area contributed by atoms with Crippen molar-refractivity contribution >= 4 is 29.4 Å². The molecule has 0 aliphatic heterocycles. The number of esters is 2. The summed E-state index contributed by atoms with van der Waals surface area (Å²) in [4.78, 5) is 38.3. The maximum atomic E-state index is 12.2. The highest BCUT2D eigenvalue weighted by Crippen LogP contribution is 2.34. The van der Waals surface area contributed by atoms with Gasteiger partial charge in [0.1, 0.15) is 12.6 Å². The van der Waals surface area contributed by atoms with Gasteiger partial charge in [0, 0.05) is 30.7 Å². The normalized spacial score (nSPS) is 12.7. The second-order valence-corrected chi connectivity index (χ2v) is 11.1. The van der Waals surface area contributed by atoms with Gasteiger partial charge in [-0.3, -0.25) is 14.5 Å². The Labute approximate surface area is 220 Å². The highest BCUT2D eigenvalue weighted by atomic mass is 32.1. The first-order valence-corrected chi connectivity index (χ1v) is 13.7. The molecule has 0 aromatic carbocycles. The molecule has 36 heavy (non-hydrogen) atoms. The van der Waals surface area contributed by atoms with Gasteiger partial charge in [-0.05, 0) is 39.3 Å². The van der Waals surface area contributed by atoms with E-state index >= 15 is 0 Å². The Hall–Kier alpha value is -2.53. The molecule has 0 radical (unpaired) electrons. The molecular formula is C28H43NO6S. The van der Waals surface area contributed by atoms with Gasteiger partial charge in [0.25, 0.3) is 0 Å². The minimum atomic E-state index is -1.20. The average molecular weight is 522 g/mol. The number of rotatable bonds is 14. The summed E-state index contributed by atoms with van der Waals surface area (Å²) in [6, 6.07) is 2.72. The first-order chi connectivity index (χ1) is 17.0. The zero-order valence-electron chi connectivity index (χ0n) is 22.7. The molecule has 0 spiro atoms. The van der Waals surface area contributed by atoms with Crippen molar-refractivity contribution in [3.8, 4) is 11.8 Å². The lowest BCUT2D eigenvalue weighted by molar-refractivity contribution is -0.156. The molecule has 8 heteroatoms. The van der Waals surface area contributed by atoms with E-state index in [0.717, 1.165) is 17.7 Å². The molecule has 2 atom stereocenters. The third-order valence-corrected chi connectivity index (χ3v) is 6.70. The van der Waals surface area contributed by atoms with Crippen molar-refractivity contribution in [1.29, 1.82) is 0 Å². The number of carboxylic acid groups (broad SMARTS) is 1. The van der Waals surface area contributed by atoms with Crippen LogP contribution in [0.25, 0.3) is 0 Å². The van der Waals surface area contributed by atoms with Crippen molar-refractivity contribution in [2.75, 3.05) is 6.61 Å². The molecule has 1 rings (SSSR count). The van der Waals surface area contributed by atoms with E-state index in [2.05, 4.69) is 18.8 Å². The molecule has 0 aliphatic carbocycles. The maximum Gasteiger partial charge on any atom is 0.408 e. The first kappa shape index (κ1) is 31.5. The minimum absolute atomic E-state index is 0.242. The Balaban J connectivity index is 2.96. The van der Waals surface area contributed by atoms with Crippen LogP contribution in [0.4, 0.5) is 4.79 Å². The number of hydrogen-bond donors (Lipinski definition) is 1. The van der Waals surface area contributed by atoms with Gasteiger partial charge in [-0.25, -0.2) is 4.79 Å². The van der Waals surface area contributed by atoms with Crippen LogP contribution in [0.15, 0.2) is 12.1 Å². The number of carbonyl (C=O) groups excluding carboxylic acids is 2. The number of thiophene rings is 1. The summed E-state index contributed by atoms with van der Waals surface area (Å²) >= 11 is 1.35. The average Bonchev–Trinajstić information content (AvgIpc) is 3.23. The third-order valence-electron chi connectivity index (χ3n) is 5.63. The van der Waals surface area contributed by atoms with Gasteiger partial charge in [-0.15, -0.1) is 11.3 Å². The summed E-state index contributed by atoms with van der Waals surface area (Å²) in [7, 11) is 0. The monoisotopic (exact) mass is 521 g/mol. The smallest absolute Gasteiger partial charge is 0.408 e. The highest BCUT2D eigenvalue weighted by Gasteiger charge is 2.41. The summed E-state index contributed by atoms with van der Waals surface area (Å²) in [6.07, 6.45) is 8.70. The van der Waals surface area contributed by atoms with Crippen molar-refractivity contribution in [2.45, 2.75) is 117 Å². The topological polar surface area (TPSA) is 93.1 Å². The minimum Gasteiger partial charge on any atom is -0.465 e. The number of hydrogen-bond acceptors (Lipinski definition) is 6. The fraction of sp³-hybridized carbons (Fsp3) is 0.679. The molecular weight excluding hydrogens is 478 g/mol. The van der Waals surface area contributed by atoms with Crippen molar-refractivity contribution in [3.63, 3.8) is 0 Å².